The molecule has 1 aromatic carbocycles. The highest BCUT2D eigenvalue weighted by molar-refractivity contribution is 5.38. The molecule has 20 heavy (non-hydrogen) atoms. The zero-order chi connectivity index (χ0) is 15.0. The van der Waals surface area contributed by atoms with Crippen LogP contribution >= 0.6 is 0 Å². The zero-order valence-electron chi connectivity index (χ0n) is 12.4. The van der Waals surface area contributed by atoms with Gasteiger partial charge in [-0.15, -0.1) is 0 Å². The molecule has 0 aromatic heterocycles. The fourth-order valence-electron chi connectivity index (χ4n) is 2.07. The van der Waals surface area contributed by atoms with E-state index in [2.05, 4.69) is 30.6 Å². The summed E-state index contributed by atoms with van der Waals surface area (Å²) in [5, 5.41) is 0. The van der Waals surface area contributed by atoms with Crippen molar-refractivity contribution in [3.05, 3.63) is 35.1 Å². The summed E-state index contributed by atoms with van der Waals surface area (Å²) in [6, 6.07) is 5.37. The lowest BCUT2D eigenvalue weighted by molar-refractivity contribution is 0.0982. The smallest absolute Gasteiger partial charge is 0.138 e. The van der Waals surface area contributed by atoms with Crippen LogP contribution in [-0.4, -0.2) is 37.7 Å². The molecule has 0 saturated carbocycles. The molecule has 0 amide bonds. The second kappa shape index (κ2) is 8.70. The van der Waals surface area contributed by atoms with Crippen molar-refractivity contribution in [2.75, 3.05) is 26.8 Å². The highest BCUT2D eigenvalue weighted by Gasteiger charge is 2.13. The van der Waals surface area contributed by atoms with Crippen molar-refractivity contribution in [1.29, 1.82) is 0 Å². The molecule has 0 saturated heterocycles. The van der Waals surface area contributed by atoms with Crippen molar-refractivity contribution in [2.24, 2.45) is 5.73 Å². The van der Waals surface area contributed by atoms with E-state index < -0.39 is 0 Å². The molecule has 4 heteroatoms. The molecule has 110 valence electrons. The first kappa shape index (κ1) is 16.6. The summed E-state index contributed by atoms with van der Waals surface area (Å²) in [5.41, 5.74) is 6.77. The van der Waals surface area contributed by atoms with E-state index in [1.165, 1.54) is 6.07 Å². The minimum absolute atomic E-state index is 0.232. The minimum atomic E-state index is -0.303. The summed E-state index contributed by atoms with van der Waals surface area (Å²) >= 11 is 0. The predicted octanol–water partition coefficient (Wildman–Crippen LogP) is 1.99. The molecule has 1 rings (SSSR count). The molecule has 0 radical (unpaired) electrons. The van der Waals surface area contributed by atoms with Gasteiger partial charge in [0.2, 0.25) is 0 Å². The number of nitrogens with zero attached hydrogens (tertiary/aromatic N) is 1. The fraction of sp³-hybridized carbons (Fsp3) is 0.500. The van der Waals surface area contributed by atoms with Crippen LogP contribution in [0.25, 0.3) is 0 Å². The van der Waals surface area contributed by atoms with Gasteiger partial charge in [-0.1, -0.05) is 24.8 Å². The number of benzene rings is 1. The molecule has 1 unspecified atom stereocenters. The van der Waals surface area contributed by atoms with Gasteiger partial charge >= 0.3 is 0 Å². The van der Waals surface area contributed by atoms with Crippen LogP contribution in [0, 0.1) is 17.7 Å². The fourth-order valence-corrected chi connectivity index (χ4v) is 2.07. The van der Waals surface area contributed by atoms with Gasteiger partial charge in [0.05, 0.1) is 18.7 Å². The van der Waals surface area contributed by atoms with E-state index >= 15 is 0 Å². The monoisotopic (exact) mass is 278 g/mol. The molecule has 0 aliphatic rings. The van der Waals surface area contributed by atoms with Crippen LogP contribution in [0.3, 0.4) is 0 Å². The van der Waals surface area contributed by atoms with Gasteiger partial charge in [-0.25, -0.2) is 4.39 Å². The maximum absolute atomic E-state index is 13.6. The number of ether oxygens (including phenoxy) is 1. The highest BCUT2D eigenvalue weighted by atomic mass is 19.1. The Bertz CT molecular complexity index is 479. The molecule has 0 fully saturated rings. The molecule has 0 heterocycles. The number of methoxy groups -OCH3 is 1. The van der Waals surface area contributed by atoms with Crippen LogP contribution in [0.1, 0.15) is 25.0 Å². The quantitative estimate of drug-likeness (QED) is 0.809. The van der Waals surface area contributed by atoms with Gasteiger partial charge < -0.3 is 10.5 Å². The van der Waals surface area contributed by atoms with Crippen LogP contribution in [0.15, 0.2) is 18.2 Å². The maximum atomic E-state index is 13.6. The Morgan fingerprint density at radius 2 is 2.20 bits per heavy atom. The first-order valence-corrected chi connectivity index (χ1v) is 6.82. The number of hydrogen-bond donors (Lipinski definition) is 1. The third-order valence-electron chi connectivity index (χ3n) is 3.18. The lowest BCUT2D eigenvalue weighted by Gasteiger charge is -2.27. The Balaban J connectivity index is 2.85. The van der Waals surface area contributed by atoms with E-state index in [-0.39, 0.29) is 12.4 Å². The molecular weight excluding hydrogens is 255 g/mol. The Kier molecular flexibility index (Phi) is 7.24. The van der Waals surface area contributed by atoms with E-state index in [0.717, 1.165) is 18.7 Å². The summed E-state index contributed by atoms with van der Waals surface area (Å²) in [6.45, 7) is 6.78. The average Bonchev–Trinajstić information content (AvgIpc) is 2.45. The van der Waals surface area contributed by atoms with Gasteiger partial charge in [-0.3, -0.25) is 4.90 Å². The Morgan fingerprint density at radius 3 is 2.80 bits per heavy atom. The molecule has 0 aliphatic carbocycles. The van der Waals surface area contributed by atoms with Gasteiger partial charge in [-0.2, -0.15) is 0 Å². The van der Waals surface area contributed by atoms with Crippen molar-refractivity contribution >= 4 is 0 Å². The number of rotatable bonds is 6. The second-order valence-corrected chi connectivity index (χ2v) is 4.69. The molecule has 1 atom stereocenters. The molecule has 0 aliphatic heterocycles. The van der Waals surface area contributed by atoms with E-state index in [9.17, 15) is 4.39 Å². The number of halogens is 1. The minimum Gasteiger partial charge on any atom is -0.383 e. The number of hydrogen-bond acceptors (Lipinski definition) is 3. The first-order valence-electron chi connectivity index (χ1n) is 6.82. The predicted molar refractivity (Wildman–Crippen MR) is 79.8 cm³/mol. The molecule has 2 N–H and O–H groups in total. The summed E-state index contributed by atoms with van der Waals surface area (Å²) in [6.07, 6.45) is 0. The van der Waals surface area contributed by atoms with E-state index in [1.54, 1.807) is 19.2 Å². The van der Waals surface area contributed by atoms with Crippen molar-refractivity contribution < 1.29 is 9.13 Å². The number of nitrogens with two attached hydrogens (primary N) is 1. The summed E-state index contributed by atoms with van der Waals surface area (Å²) < 4.78 is 18.8. The SMILES string of the molecule is CCN(Cc1ccc(F)c(C#CCN)c1)C(C)COC. The summed E-state index contributed by atoms with van der Waals surface area (Å²) in [5.74, 6) is 5.15. The molecule has 0 bridgehead atoms. The topological polar surface area (TPSA) is 38.5 Å². The van der Waals surface area contributed by atoms with Crippen molar-refractivity contribution in [1.82, 2.24) is 4.90 Å². The molecular formula is C16H23FN2O. The van der Waals surface area contributed by atoms with E-state index in [4.69, 9.17) is 10.5 Å². The maximum Gasteiger partial charge on any atom is 0.138 e. The van der Waals surface area contributed by atoms with Gasteiger partial charge in [0, 0.05) is 19.7 Å². The van der Waals surface area contributed by atoms with Crippen molar-refractivity contribution in [2.45, 2.75) is 26.4 Å². The van der Waals surface area contributed by atoms with Crippen LogP contribution in [0.4, 0.5) is 4.39 Å². The van der Waals surface area contributed by atoms with Gasteiger partial charge in [0.25, 0.3) is 0 Å². The van der Waals surface area contributed by atoms with Crippen molar-refractivity contribution in [3.8, 4) is 11.8 Å². The Hall–Kier alpha value is -1.41. The third kappa shape index (κ3) is 4.93. The normalized spacial score (nSPS) is 12.1. The van der Waals surface area contributed by atoms with Gasteiger partial charge in [-0.05, 0) is 31.2 Å². The highest BCUT2D eigenvalue weighted by Crippen LogP contribution is 2.13. The van der Waals surface area contributed by atoms with Crippen LogP contribution < -0.4 is 5.73 Å². The van der Waals surface area contributed by atoms with Gasteiger partial charge in [0.1, 0.15) is 5.82 Å². The van der Waals surface area contributed by atoms with Gasteiger partial charge in [0.15, 0.2) is 0 Å². The Morgan fingerprint density at radius 1 is 1.45 bits per heavy atom. The van der Waals surface area contributed by atoms with Crippen LogP contribution in [-0.2, 0) is 11.3 Å². The lowest BCUT2D eigenvalue weighted by atomic mass is 10.1. The first-order chi connectivity index (χ1) is 9.62. The summed E-state index contributed by atoms with van der Waals surface area (Å²) in [7, 11) is 1.70. The Labute approximate surface area is 120 Å². The molecule has 0 spiro atoms. The zero-order valence-corrected chi connectivity index (χ0v) is 12.4. The van der Waals surface area contributed by atoms with Crippen LogP contribution in [0.2, 0.25) is 0 Å². The van der Waals surface area contributed by atoms with E-state index in [0.29, 0.717) is 18.2 Å². The van der Waals surface area contributed by atoms with E-state index in [1.807, 2.05) is 0 Å². The van der Waals surface area contributed by atoms with Crippen LogP contribution in [0.5, 0.6) is 0 Å². The molecule has 3 nitrogen and oxygen atoms in total. The standard InChI is InChI=1S/C16H23FN2O/c1-4-19(13(2)12-20-3)11-14-7-8-16(17)15(10-14)6-5-9-18/h7-8,10,13H,4,9,11-12,18H2,1-3H3. The lowest BCUT2D eigenvalue weighted by Crippen LogP contribution is -2.35. The average molecular weight is 278 g/mol. The second-order valence-electron chi connectivity index (χ2n) is 4.69. The summed E-state index contributed by atoms with van der Waals surface area (Å²) in [4.78, 5) is 2.27. The third-order valence-corrected chi connectivity index (χ3v) is 3.18. The number of likely N-dealkylation sites (N-methyl/N-ethyl adjacent to an activating group) is 1. The largest absolute Gasteiger partial charge is 0.383 e. The van der Waals surface area contributed by atoms with Crippen molar-refractivity contribution in [3.63, 3.8) is 0 Å². The molecule has 1 aromatic rings.